The van der Waals surface area contributed by atoms with Crippen molar-refractivity contribution in [3.63, 3.8) is 0 Å². The van der Waals surface area contributed by atoms with Crippen molar-refractivity contribution in [1.82, 2.24) is 39.1 Å². The summed E-state index contributed by atoms with van der Waals surface area (Å²) in [5.74, 6) is 0.770. The minimum absolute atomic E-state index is 0.706. The van der Waals surface area contributed by atoms with Gasteiger partial charge in [0.15, 0.2) is 17.1 Å². The van der Waals surface area contributed by atoms with Crippen LogP contribution >= 0.6 is 15.9 Å². The molecule has 0 atom stereocenters. The van der Waals surface area contributed by atoms with E-state index in [2.05, 4.69) is 41.2 Å². The fraction of sp³-hybridized carbons (Fsp3) is 0.357. The van der Waals surface area contributed by atoms with Crippen LogP contribution in [0.25, 0.3) is 16.7 Å². The molecular formula is C14H15BrN8. The van der Waals surface area contributed by atoms with Crippen molar-refractivity contribution in [3.05, 3.63) is 34.2 Å². The van der Waals surface area contributed by atoms with Gasteiger partial charge < -0.3 is 0 Å². The van der Waals surface area contributed by atoms with Crippen molar-refractivity contribution >= 4 is 32.6 Å². The lowest BCUT2D eigenvalue weighted by Gasteiger charge is -2.01. The Labute approximate surface area is 140 Å². The first-order chi connectivity index (χ1) is 11.0. The van der Waals surface area contributed by atoms with Crippen molar-refractivity contribution < 1.29 is 0 Å². The molecule has 9 heteroatoms. The van der Waals surface area contributed by atoms with Crippen LogP contribution in [0.15, 0.2) is 17.0 Å². The van der Waals surface area contributed by atoms with Gasteiger partial charge in [-0.15, -0.1) is 5.10 Å². The molecule has 0 aromatic carbocycles. The van der Waals surface area contributed by atoms with Gasteiger partial charge >= 0.3 is 0 Å². The van der Waals surface area contributed by atoms with Gasteiger partial charge in [0.2, 0.25) is 0 Å². The molecule has 0 saturated heterocycles. The average molecular weight is 375 g/mol. The van der Waals surface area contributed by atoms with Crippen LogP contribution in [0.4, 0.5) is 0 Å². The lowest BCUT2D eigenvalue weighted by atomic mass is 10.3. The van der Waals surface area contributed by atoms with Crippen LogP contribution in [0.5, 0.6) is 0 Å². The van der Waals surface area contributed by atoms with Gasteiger partial charge in [-0.2, -0.15) is 10.2 Å². The van der Waals surface area contributed by atoms with E-state index in [0.717, 1.165) is 44.9 Å². The number of fused-ring (bicyclic) bond motifs is 3. The second-order valence-electron chi connectivity index (χ2n) is 5.50. The van der Waals surface area contributed by atoms with Gasteiger partial charge in [0.05, 0.1) is 21.7 Å². The van der Waals surface area contributed by atoms with E-state index in [4.69, 9.17) is 0 Å². The molecule has 0 radical (unpaired) electrons. The van der Waals surface area contributed by atoms with Crippen LogP contribution in [-0.4, -0.2) is 39.1 Å². The molecule has 4 aromatic heterocycles. The van der Waals surface area contributed by atoms with Crippen LogP contribution in [-0.2, 0) is 20.0 Å². The van der Waals surface area contributed by atoms with Crippen LogP contribution in [0.3, 0.4) is 0 Å². The van der Waals surface area contributed by atoms with E-state index in [1.807, 2.05) is 25.6 Å². The maximum atomic E-state index is 4.63. The number of rotatable bonds is 3. The van der Waals surface area contributed by atoms with Crippen molar-refractivity contribution in [2.75, 3.05) is 0 Å². The molecule has 118 valence electrons. The third-order valence-electron chi connectivity index (χ3n) is 3.95. The largest absolute Gasteiger partial charge is 0.268 e. The molecule has 0 saturated carbocycles. The predicted octanol–water partition coefficient (Wildman–Crippen LogP) is 1.83. The second-order valence-corrected chi connectivity index (χ2v) is 6.30. The molecule has 0 fully saturated rings. The van der Waals surface area contributed by atoms with Gasteiger partial charge in [0.1, 0.15) is 6.33 Å². The van der Waals surface area contributed by atoms with Crippen LogP contribution in [0.1, 0.15) is 17.2 Å². The minimum Gasteiger partial charge on any atom is -0.268 e. The lowest BCUT2D eigenvalue weighted by Crippen LogP contribution is -2.06. The molecule has 0 aliphatic rings. The van der Waals surface area contributed by atoms with E-state index >= 15 is 0 Å². The maximum absolute atomic E-state index is 4.63. The zero-order valence-electron chi connectivity index (χ0n) is 13.0. The quantitative estimate of drug-likeness (QED) is 0.546. The highest BCUT2D eigenvalue weighted by molar-refractivity contribution is 9.10. The monoisotopic (exact) mass is 374 g/mol. The summed E-state index contributed by atoms with van der Waals surface area (Å²) >= 11 is 3.55. The summed E-state index contributed by atoms with van der Waals surface area (Å²) < 4.78 is 6.47. The second kappa shape index (κ2) is 5.12. The molecule has 8 nitrogen and oxygen atoms in total. The fourth-order valence-corrected chi connectivity index (χ4v) is 2.97. The molecule has 0 aliphatic carbocycles. The molecule has 23 heavy (non-hydrogen) atoms. The lowest BCUT2D eigenvalue weighted by molar-refractivity contribution is 0.581. The summed E-state index contributed by atoms with van der Waals surface area (Å²) in [5.41, 5.74) is 3.70. The van der Waals surface area contributed by atoms with E-state index < -0.39 is 0 Å². The van der Waals surface area contributed by atoms with Gasteiger partial charge in [-0.25, -0.2) is 14.5 Å². The van der Waals surface area contributed by atoms with Crippen LogP contribution < -0.4 is 0 Å². The topological polar surface area (TPSA) is 78.7 Å². The van der Waals surface area contributed by atoms with Crippen LogP contribution in [0, 0.1) is 13.8 Å². The van der Waals surface area contributed by atoms with E-state index in [0.29, 0.717) is 6.42 Å². The zero-order chi connectivity index (χ0) is 16.1. The highest BCUT2D eigenvalue weighted by atomic mass is 79.9. The Bertz CT molecular complexity index is 1020. The molecule has 4 heterocycles. The van der Waals surface area contributed by atoms with Gasteiger partial charge in [0, 0.05) is 25.7 Å². The van der Waals surface area contributed by atoms with Gasteiger partial charge in [-0.1, -0.05) is 0 Å². The Morgan fingerprint density at radius 2 is 2.00 bits per heavy atom. The maximum Gasteiger partial charge on any atom is 0.170 e. The van der Waals surface area contributed by atoms with Crippen LogP contribution in [0.2, 0.25) is 0 Å². The summed E-state index contributed by atoms with van der Waals surface area (Å²) in [4.78, 5) is 9.00. The molecular weight excluding hydrogens is 360 g/mol. The molecule has 0 bridgehead atoms. The Morgan fingerprint density at radius 1 is 1.17 bits per heavy atom. The molecule has 0 spiro atoms. The third kappa shape index (κ3) is 2.23. The summed E-state index contributed by atoms with van der Waals surface area (Å²) in [6, 6.07) is 0. The molecule has 0 amide bonds. The number of hydrogen-bond donors (Lipinski definition) is 0. The van der Waals surface area contributed by atoms with E-state index in [-0.39, 0.29) is 0 Å². The highest BCUT2D eigenvalue weighted by Gasteiger charge is 2.13. The first kappa shape index (κ1) is 14.3. The predicted molar refractivity (Wildman–Crippen MR) is 88.2 cm³/mol. The normalized spacial score (nSPS) is 11.8. The summed E-state index contributed by atoms with van der Waals surface area (Å²) in [7, 11) is 1.86. The molecule has 4 aromatic rings. The van der Waals surface area contributed by atoms with Crippen molar-refractivity contribution in [2.24, 2.45) is 7.05 Å². The Hall–Kier alpha value is -2.29. The fourth-order valence-electron chi connectivity index (χ4n) is 2.69. The summed E-state index contributed by atoms with van der Waals surface area (Å²) in [6.07, 6.45) is 4.15. The molecule has 0 aliphatic heterocycles. The highest BCUT2D eigenvalue weighted by Crippen LogP contribution is 2.20. The van der Waals surface area contributed by atoms with E-state index in [9.17, 15) is 0 Å². The van der Waals surface area contributed by atoms with Crippen molar-refractivity contribution in [1.29, 1.82) is 0 Å². The zero-order valence-corrected chi connectivity index (χ0v) is 14.6. The number of hydrogen-bond acceptors (Lipinski definition) is 5. The van der Waals surface area contributed by atoms with E-state index in [1.54, 1.807) is 21.7 Å². The SMILES string of the molecule is Cc1nn(CCc2nc3c4cnn(C)c4ncn3n2)c(C)c1Br. The summed E-state index contributed by atoms with van der Waals surface area (Å²) in [6.45, 7) is 4.77. The average Bonchev–Trinajstić information content (AvgIpc) is 3.18. The van der Waals surface area contributed by atoms with Gasteiger partial charge in [0.25, 0.3) is 0 Å². The van der Waals surface area contributed by atoms with Gasteiger partial charge in [-0.05, 0) is 29.8 Å². The standard InChI is InChI=1S/C14H15BrN8/c1-8-12(15)9(2)22(19-8)5-4-11-18-14-10-6-17-21(3)13(10)16-7-23(14)20-11/h6-7H,4-5H2,1-3H3. The number of halogens is 1. The number of nitrogens with zero attached hydrogens (tertiary/aromatic N) is 8. The number of aryl methyl sites for hydroxylation is 4. The molecule has 0 unspecified atom stereocenters. The minimum atomic E-state index is 0.706. The number of aromatic nitrogens is 8. The Kier molecular flexibility index (Phi) is 3.19. The molecule has 0 N–H and O–H groups in total. The smallest absolute Gasteiger partial charge is 0.170 e. The van der Waals surface area contributed by atoms with Crippen molar-refractivity contribution in [2.45, 2.75) is 26.8 Å². The van der Waals surface area contributed by atoms with Gasteiger partial charge in [-0.3, -0.25) is 9.36 Å². The third-order valence-corrected chi connectivity index (χ3v) is 5.10. The molecule has 4 rings (SSSR count). The Balaban J connectivity index is 1.67. The van der Waals surface area contributed by atoms with Crippen molar-refractivity contribution in [3.8, 4) is 0 Å². The summed E-state index contributed by atoms with van der Waals surface area (Å²) in [5, 5.41) is 14.1. The first-order valence-electron chi connectivity index (χ1n) is 7.26. The Morgan fingerprint density at radius 3 is 2.74 bits per heavy atom. The first-order valence-corrected chi connectivity index (χ1v) is 8.05. The van der Waals surface area contributed by atoms with E-state index in [1.165, 1.54) is 0 Å².